The molecule has 0 fully saturated rings. The third kappa shape index (κ3) is 5.23. The Hall–Kier alpha value is -3.02. The second kappa shape index (κ2) is 9.07. The van der Waals surface area contributed by atoms with E-state index in [4.69, 9.17) is 14.2 Å². The van der Waals surface area contributed by atoms with E-state index in [9.17, 15) is 9.59 Å². The molecule has 144 valence electrons. The molecule has 2 aromatic carbocycles. The van der Waals surface area contributed by atoms with E-state index < -0.39 is 18.0 Å². The third-order valence-electron chi connectivity index (χ3n) is 3.99. The summed E-state index contributed by atoms with van der Waals surface area (Å²) in [6.45, 7) is 7.76. The number of ether oxygens (including phenoxy) is 3. The number of methoxy groups -OCH3 is 1. The Labute approximate surface area is 159 Å². The number of hydrogen-bond acceptors (Lipinski definition) is 5. The lowest BCUT2D eigenvalue weighted by molar-refractivity contribution is -0.123. The monoisotopic (exact) mass is 371 g/mol. The number of amides is 1. The predicted octanol–water partition coefficient (Wildman–Crippen LogP) is 3.89. The van der Waals surface area contributed by atoms with E-state index in [1.807, 2.05) is 39.0 Å². The van der Waals surface area contributed by atoms with Gasteiger partial charge in [-0.1, -0.05) is 17.7 Å². The summed E-state index contributed by atoms with van der Waals surface area (Å²) in [4.78, 5) is 24.7. The van der Waals surface area contributed by atoms with Gasteiger partial charge in [0, 0.05) is 5.69 Å². The van der Waals surface area contributed by atoms with Crippen molar-refractivity contribution in [2.24, 2.45) is 0 Å². The highest BCUT2D eigenvalue weighted by molar-refractivity contribution is 5.98. The molecule has 1 amide bonds. The second-order valence-corrected chi connectivity index (χ2v) is 6.15. The summed E-state index contributed by atoms with van der Waals surface area (Å²) in [6.07, 6.45) is -0.948. The number of aryl methyl sites for hydroxylation is 2. The molecule has 0 aliphatic carbocycles. The summed E-state index contributed by atoms with van der Waals surface area (Å²) in [7, 11) is 1.49. The Morgan fingerprint density at radius 2 is 1.81 bits per heavy atom. The number of benzene rings is 2. The molecule has 2 rings (SSSR count). The number of carbonyl (C=O) groups excluding carboxylic acids is 2. The number of rotatable bonds is 7. The van der Waals surface area contributed by atoms with Crippen LogP contribution in [0.15, 0.2) is 36.4 Å². The Morgan fingerprint density at radius 3 is 2.44 bits per heavy atom. The number of esters is 1. The Balaban J connectivity index is 2.04. The average Bonchev–Trinajstić information content (AvgIpc) is 2.64. The van der Waals surface area contributed by atoms with Crippen molar-refractivity contribution >= 4 is 17.6 Å². The molecule has 6 nitrogen and oxygen atoms in total. The van der Waals surface area contributed by atoms with Crippen LogP contribution < -0.4 is 14.8 Å². The molecule has 0 aliphatic heterocycles. The van der Waals surface area contributed by atoms with E-state index in [2.05, 4.69) is 5.32 Å². The van der Waals surface area contributed by atoms with Gasteiger partial charge in [-0.05, 0) is 57.5 Å². The van der Waals surface area contributed by atoms with Gasteiger partial charge in [0.1, 0.15) is 0 Å². The van der Waals surface area contributed by atoms with Crippen molar-refractivity contribution in [1.29, 1.82) is 0 Å². The topological polar surface area (TPSA) is 73.9 Å². The zero-order valence-electron chi connectivity index (χ0n) is 16.3. The zero-order valence-corrected chi connectivity index (χ0v) is 16.3. The molecule has 0 saturated heterocycles. The number of carbonyl (C=O) groups is 2. The van der Waals surface area contributed by atoms with Gasteiger partial charge in [0.2, 0.25) is 0 Å². The van der Waals surface area contributed by atoms with Gasteiger partial charge in [-0.25, -0.2) is 4.79 Å². The zero-order chi connectivity index (χ0) is 20.0. The van der Waals surface area contributed by atoms with Gasteiger partial charge < -0.3 is 19.5 Å². The summed E-state index contributed by atoms with van der Waals surface area (Å²) in [5.74, 6) is -0.0382. The molecule has 0 heterocycles. The van der Waals surface area contributed by atoms with Crippen molar-refractivity contribution in [2.45, 2.75) is 33.8 Å². The van der Waals surface area contributed by atoms with Crippen LogP contribution in [0.25, 0.3) is 0 Å². The van der Waals surface area contributed by atoms with E-state index in [0.717, 1.165) is 11.1 Å². The third-order valence-corrected chi connectivity index (χ3v) is 3.99. The van der Waals surface area contributed by atoms with Crippen LogP contribution in [0.1, 0.15) is 35.3 Å². The first-order valence-electron chi connectivity index (χ1n) is 8.75. The van der Waals surface area contributed by atoms with Crippen LogP contribution in [0, 0.1) is 13.8 Å². The molecular formula is C21H25NO5. The Morgan fingerprint density at radius 1 is 1.07 bits per heavy atom. The predicted molar refractivity (Wildman–Crippen MR) is 104 cm³/mol. The molecule has 0 saturated carbocycles. The van der Waals surface area contributed by atoms with Crippen LogP contribution in [0.2, 0.25) is 0 Å². The number of nitrogens with one attached hydrogen (secondary N) is 1. The number of anilines is 1. The van der Waals surface area contributed by atoms with Gasteiger partial charge in [-0.3, -0.25) is 4.79 Å². The van der Waals surface area contributed by atoms with E-state index in [0.29, 0.717) is 23.8 Å². The molecule has 0 bridgehead atoms. The van der Waals surface area contributed by atoms with Gasteiger partial charge >= 0.3 is 5.97 Å². The molecule has 2 aromatic rings. The fraction of sp³-hybridized carbons (Fsp3) is 0.333. The summed E-state index contributed by atoms with van der Waals surface area (Å²) >= 11 is 0. The highest BCUT2D eigenvalue weighted by atomic mass is 16.5. The van der Waals surface area contributed by atoms with Gasteiger partial charge in [0.05, 0.1) is 19.3 Å². The lowest BCUT2D eigenvalue weighted by atomic mass is 10.1. The van der Waals surface area contributed by atoms with Crippen LogP contribution in [-0.2, 0) is 9.53 Å². The minimum Gasteiger partial charge on any atom is -0.493 e. The van der Waals surface area contributed by atoms with E-state index in [1.165, 1.54) is 20.1 Å². The molecule has 27 heavy (non-hydrogen) atoms. The molecule has 1 N–H and O–H groups in total. The van der Waals surface area contributed by atoms with Crippen LogP contribution in [-0.4, -0.2) is 31.7 Å². The number of hydrogen-bond donors (Lipinski definition) is 1. The molecule has 0 unspecified atom stereocenters. The smallest absolute Gasteiger partial charge is 0.339 e. The molecule has 0 radical (unpaired) electrons. The van der Waals surface area contributed by atoms with Gasteiger partial charge in [-0.2, -0.15) is 0 Å². The van der Waals surface area contributed by atoms with Gasteiger partial charge in [-0.15, -0.1) is 0 Å². The SMILES string of the molecule is CCOc1ccc(C(=O)O[C@@H](C)C(=O)Nc2ccc(C)cc2C)cc1OC. The van der Waals surface area contributed by atoms with E-state index in [1.54, 1.807) is 12.1 Å². The van der Waals surface area contributed by atoms with E-state index >= 15 is 0 Å². The summed E-state index contributed by atoms with van der Waals surface area (Å²) in [5, 5.41) is 2.78. The molecular weight excluding hydrogens is 346 g/mol. The van der Waals surface area contributed by atoms with E-state index in [-0.39, 0.29) is 5.56 Å². The normalized spacial score (nSPS) is 11.4. The minimum atomic E-state index is -0.948. The second-order valence-electron chi connectivity index (χ2n) is 6.15. The summed E-state index contributed by atoms with van der Waals surface area (Å²) in [6, 6.07) is 10.4. The fourth-order valence-corrected chi connectivity index (χ4v) is 2.54. The quantitative estimate of drug-likeness (QED) is 0.748. The first kappa shape index (κ1) is 20.3. The maximum atomic E-state index is 12.4. The largest absolute Gasteiger partial charge is 0.493 e. The highest BCUT2D eigenvalue weighted by Gasteiger charge is 2.20. The average molecular weight is 371 g/mol. The lowest BCUT2D eigenvalue weighted by Gasteiger charge is -2.16. The first-order valence-corrected chi connectivity index (χ1v) is 8.75. The molecule has 0 spiro atoms. The Bertz CT molecular complexity index is 831. The van der Waals surface area contributed by atoms with Gasteiger partial charge in [0.25, 0.3) is 5.91 Å². The molecule has 1 atom stereocenters. The van der Waals surface area contributed by atoms with Crippen LogP contribution in [0.3, 0.4) is 0 Å². The first-order chi connectivity index (χ1) is 12.8. The standard InChI is InChI=1S/C21H25NO5/c1-6-26-18-10-8-16(12-19(18)25-5)21(24)27-15(4)20(23)22-17-9-7-13(2)11-14(17)3/h7-12,15H,6H2,1-5H3,(H,22,23)/t15-/m0/s1. The summed E-state index contributed by atoms with van der Waals surface area (Å²) in [5.41, 5.74) is 3.02. The van der Waals surface area contributed by atoms with Crippen molar-refractivity contribution < 1.29 is 23.8 Å². The Kier molecular flexibility index (Phi) is 6.82. The molecule has 6 heteroatoms. The lowest BCUT2D eigenvalue weighted by Crippen LogP contribution is -2.30. The maximum absolute atomic E-state index is 12.4. The van der Waals surface area contributed by atoms with Crippen LogP contribution in [0.5, 0.6) is 11.5 Å². The van der Waals surface area contributed by atoms with Crippen molar-refractivity contribution in [3.05, 3.63) is 53.1 Å². The highest BCUT2D eigenvalue weighted by Crippen LogP contribution is 2.28. The van der Waals surface area contributed by atoms with Crippen molar-refractivity contribution in [2.75, 3.05) is 19.0 Å². The van der Waals surface area contributed by atoms with Crippen LogP contribution >= 0.6 is 0 Å². The van der Waals surface area contributed by atoms with Gasteiger partial charge in [0.15, 0.2) is 17.6 Å². The molecule has 0 aromatic heterocycles. The van der Waals surface area contributed by atoms with Crippen LogP contribution in [0.4, 0.5) is 5.69 Å². The maximum Gasteiger partial charge on any atom is 0.339 e. The van der Waals surface area contributed by atoms with Crippen molar-refractivity contribution in [3.8, 4) is 11.5 Å². The summed E-state index contributed by atoms with van der Waals surface area (Å²) < 4.78 is 15.9. The minimum absolute atomic E-state index is 0.279. The fourth-order valence-electron chi connectivity index (χ4n) is 2.54. The molecule has 0 aliphatic rings. The van der Waals surface area contributed by atoms with Crippen molar-refractivity contribution in [1.82, 2.24) is 0 Å². The van der Waals surface area contributed by atoms with Crippen molar-refractivity contribution in [3.63, 3.8) is 0 Å².